The number of thiophene rings is 1. The molecule has 0 aromatic carbocycles. The number of hydrogen-bond acceptors (Lipinski definition) is 3. The molecule has 0 saturated carbocycles. The molecule has 0 fully saturated rings. The molecule has 0 aliphatic rings. The summed E-state index contributed by atoms with van der Waals surface area (Å²) in [5.74, 6) is 0. The molecule has 2 aromatic heterocycles. The summed E-state index contributed by atoms with van der Waals surface area (Å²) in [6.07, 6.45) is 1.68. The highest BCUT2D eigenvalue weighted by Crippen LogP contribution is 2.23. The molecule has 0 amide bonds. The van der Waals surface area contributed by atoms with Crippen LogP contribution in [0.2, 0.25) is 0 Å². The summed E-state index contributed by atoms with van der Waals surface area (Å²) in [6, 6.07) is 5.99. The fourth-order valence-electron chi connectivity index (χ4n) is 0.888. The van der Waals surface area contributed by atoms with E-state index in [1.54, 1.807) is 17.5 Å². The summed E-state index contributed by atoms with van der Waals surface area (Å²) in [6.45, 7) is 0. The summed E-state index contributed by atoms with van der Waals surface area (Å²) in [7, 11) is 0. The molecule has 60 valence electrons. The molecule has 0 saturated heterocycles. The van der Waals surface area contributed by atoms with Crippen molar-refractivity contribution in [2.24, 2.45) is 0 Å². The van der Waals surface area contributed by atoms with Gasteiger partial charge in [-0.1, -0.05) is 6.07 Å². The Morgan fingerprint density at radius 1 is 1.42 bits per heavy atom. The molecular weight excluding hydrogens is 236 g/mol. The third-order valence-electron chi connectivity index (χ3n) is 1.39. The summed E-state index contributed by atoms with van der Waals surface area (Å²) >= 11 is 5.01. The van der Waals surface area contributed by atoms with E-state index in [9.17, 15) is 0 Å². The standard InChI is InChI=1S/C8H5BrN2S/c9-6-4-7(11-10-5-6)8-2-1-3-12-8/h1-5H. The van der Waals surface area contributed by atoms with E-state index in [4.69, 9.17) is 0 Å². The van der Waals surface area contributed by atoms with Crippen molar-refractivity contribution in [3.05, 3.63) is 34.2 Å². The van der Waals surface area contributed by atoms with Crippen molar-refractivity contribution in [1.29, 1.82) is 0 Å². The Hall–Kier alpha value is -0.740. The van der Waals surface area contributed by atoms with Crippen LogP contribution in [0.5, 0.6) is 0 Å². The first-order valence-corrected chi connectivity index (χ1v) is 5.05. The minimum absolute atomic E-state index is 0.916. The highest BCUT2D eigenvalue weighted by molar-refractivity contribution is 9.10. The lowest BCUT2D eigenvalue weighted by molar-refractivity contribution is 1.03. The van der Waals surface area contributed by atoms with E-state index in [-0.39, 0.29) is 0 Å². The highest BCUT2D eigenvalue weighted by Gasteiger charge is 2.00. The fourth-order valence-corrected chi connectivity index (χ4v) is 1.88. The van der Waals surface area contributed by atoms with Gasteiger partial charge in [-0.15, -0.1) is 16.4 Å². The van der Waals surface area contributed by atoms with E-state index < -0.39 is 0 Å². The topological polar surface area (TPSA) is 25.8 Å². The Labute approximate surface area is 82.4 Å². The van der Waals surface area contributed by atoms with E-state index in [0.29, 0.717) is 0 Å². The second kappa shape index (κ2) is 3.33. The van der Waals surface area contributed by atoms with E-state index >= 15 is 0 Å². The zero-order valence-electron chi connectivity index (χ0n) is 6.07. The van der Waals surface area contributed by atoms with Crippen molar-refractivity contribution >= 4 is 27.3 Å². The molecule has 4 heteroatoms. The van der Waals surface area contributed by atoms with Gasteiger partial charge in [0.1, 0.15) is 5.69 Å². The minimum atomic E-state index is 0.916. The Morgan fingerprint density at radius 2 is 2.33 bits per heavy atom. The Morgan fingerprint density at radius 3 is 3.00 bits per heavy atom. The SMILES string of the molecule is Brc1cnnc(-c2cccs2)c1. The second-order valence-corrected chi connectivity index (χ2v) is 4.10. The number of rotatable bonds is 1. The number of aromatic nitrogens is 2. The van der Waals surface area contributed by atoms with Crippen LogP contribution in [0.3, 0.4) is 0 Å². The van der Waals surface area contributed by atoms with Gasteiger partial charge < -0.3 is 0 Å². The number of nitrogens with zero attached hydrogens (tertiary/aromatic N) is 2. The number of halogens is 1. The maximum absolute atomic E-state index is 4.01. The molecule has 0 spiro atoms. The van der Waals surface area contributed by atoms with Crippen LogP contribution in [0.1, 0.15) is 0 Å². The molecule has 0 aliphatic heterocycles. The quantitative estimate of drug-likeness (QED) is 0.767. The van der Waals surface area contributed by atoms with Crippen LogP contribution in [0.15, 0.2) is 34.2 Å². The zero-order valence-corrected chi connectivity index (χ0v) is 8.47. The maximum atomic E-state index is 4.01. The van der Waals surface area contributed by atoms with Crippen molar-refractivity contribution in [2.75, 3.05) is 0 Å². The summed E-state index contributed by atoms with van der Waals surface area (Å²) in [5, 5.41) is 9.89. The molecule has 0 aliphatic carbocycles. The van der Waals surface area contributed by atoms with Gasteiger partial charge in [-0.2, -0.15) is 5.10 Å². The van der Waals surface area contributed by atoms with E-state index in [2.05, 4.69) is 26.1 Å². The molecule has 0 N–H and O–H groups in total. The summed E-state index contributed by atoms with van der Waals surface area (Å²) < 4.78 is 0.959. The van der Waals surface area contributed by atoms with Crippen molar-refractivity contribution in [1.82, 2.24) is 10.2 Å². The van der Waals surface area contributed by atoms with E-state index in [1.807, 2.05) is 23.6 Å². The van der Waals surface area contributed by atoms with Crippen molar-refractivity contribution in [2.45, 2.75) is 0 Å². The van der Waals surface area contributed by atoms with Gasteiger partial charge in [0, 0.05) is 4.47 Å². The second-order valence-electron chi connectivity index (χ2n) is 2.24. The first-order valence-electron chi connectivity index (χ1n) is 3.38. The van der Waals surface area contributed by atoms with Crippen molar-refractivity contribution in [3.8, 4) is 10.6 Å². The first kappa shape index (κ1) is 7.89. The molecule has 0 unspecified atom stereocenters. The van der Waals surface area contributed by atoms with Crippen LogP contribution >= 0.6 is 27.3 Å². The summed E-state index contributed by atoms with van der Waals surface area (Å²) in [4.78, 5) is 1.14. The van der Waals surface area contributed by atoms with Crippen LogP contribution < -0.4 is 0 Å². The lowest BCUT2D eigenvalue weighted by Gasteiger charge is -1.93. The van der Waals surface area contributed by atoms with Crippen LogP contribution in [0.4, 0.5) is 0 Å². The Balaban J connectivity index is 2.48. The monoisotopic (exact) mass is 240 g/mol. The molecule has 2 nitrogen and oxygen atoms in total. The fraction of sp³-hybridized carbons (Fsp3) is 0. The minimum Gasteiger partial charge on any atom is -0.157 e. The summed E-state index contributed by atoms with van der Waals surface area (Å²) in [5.41, 5.74) is 0.916. The van der Waals surface area contributed by atoms with Gasteiger partial charge in [-0.3, -0.25) is 0 Å². The van der Waals surface area contributed by atoms with Gasteiger partial charge in [0.15, 0.2) is 0 Å². The third kappa shape index (κ3) is 1.54. The maximum Gasteiger partial charge on any atom is 0.104 e. The zero-order chi connectivity index (χ0) is 8.39. The van der Waals surface area contributed by atoms with E-state index in [0.717, 1.165) is 15.0 Å². The number of hydrogen-bond donors (Lipinski definition) is 0. The van der Waals surface area contributed by atoms with Crippen molar-refractivity contribution in [3.63, 3.8) is 0 Å². The predicted molar refractivity (Wildman–Crippen MR) is 53.0 cm³/mol. The molecular formula is C8H5BrN2S. The lowest BCUT2D eigenvalue weighted by atomic mass is 10.3. The molecule has 2 rings (SSSR count). The average molecular weight is 241 g/mol. The highest BCUT2D eigenvalue weighted by atomic mass is 79.9. The van der Waals surface area contributed by atoms with E-state index in [1.165, 1.54) is 0 Å². The largest absolute Gasteiger partial charge is 0.157 e. The molecule has 0 atom stereocenters. The van der Waals surface area contributed by atoms with Gasteiger partial charge in [-0.25, -0.2) is 0 Å². The molecule has 0 bridgehead atoms. The average Bonchev–Trinajstić information content (AvgIpc) is 2.56. The van der Waals surface area contributed by atoms with Crippen LogP contribution in [-0.4, -0.2) is 10.2 Å². The van der Waals surface area contributed by atoms with Gasteiger partial charge in [0.2, 0.25) is 0 Å². The van der Waals surface area contributed by atoms with Crippen molar-refractivity contribution < 1.29 is 0 Å². The van der Waals surface area contributed by atoms with Gasteiger partial charge in [0.05, 0.1) is 11.1 Å². The van der Waals surface area contributed by atoms with Gasteiger partial charge in [-0.05, 0) is 33.4 Å². The third-order valence-corrected chi connectivity index (χ3v) is 2.72. The Kier molecular flexibility index (Phi) is 2.19. The van der Waals surface area contributed by atoms with Gasteiger partial charge in [0.25, 0.3) is 0 Å². The molecule has 2 heterocycles. The predicted octanol–water partition coefficient (Wildman–Crippen LogP) is 2.97. The van der Waals surface area contributed by atoms with Crippen LogP contribution in [0.25, 0.3) is 10.6 Å². The Bertz CT molecular complexity index is 372. The van der Waals surface area contributed by atoms with Crippen LogP contribution in [-0.2, 0) is 0 Å². The lowest BCUT2D eigenvalue weighted by Crippen LogP contribution is -1.83. The molecule has 0 radical (unpaired) electrons. The van der Waals surface area contributed by atoms with Crippen LogP contribution in [0, 0.1) is 0 Å². The smallest absolute Gasteiger partial charge is 0.104 e. The molecule has 2 aromatic rings. The van der Waals surface area contributed by atoms with Gasteiger partial charge >= 0.3 is 0 Å². The normalized spacial score (nSPS) is 10.1. The first-order chi connectivity index (χ1) is 5.86. The molecule has 12 heavy (non-hydrogen) atoms.